The Balaban J connectivity index is 4.27. The van der Waals surface area contributed by atoms with Crippen molar-refractivity contribution in [1.29, 1.82) is 0 Å². The number of carbonyl (C=O) groups is 3. The number of rotatable bonds is 49. The van der Waals surface area contributed by atoms with Gasteiger partial charge in [-0.05, 0) is 19.3 Å². The summed E-state index contributed by atoms with van der Waals surface area (Å²) >= 11 is 0. The topological polar surface area (TPSA) is 78.9 Å². The van der Waals surface area contributed by atoms with Crippen LogP contribution < -0.4 is 0 Å². The minimum absolute atomic E-state index is 0.0617. The van der Waals surface area contributed by atoms with Crippen molar-refractivity contribution in [3.8, 4) is 0 Å². The van der Waals surface area contributed by atoms with Gasteiger partial charge in [0.1, 0.15) is 13.2 Å². The van der Waals surface area contributed by atoms with E-state index in [-0.39, 0.29) is 31.1 Å². The monoisotopic (exact) mass is 835 g/mol. The van der Waals surface area contributed by atoms with E-state index in [2.05, 4.69) is 20.8 Å². The molecule has 59 heavy (non-hydrogen) atoms. The van der Waals surface area contributed by atoms with Gasteiger partial charge in [0.2, 0.25) is 0 Å². The summed E-state index contributed by atoms with van der Waals surface area (Å²) in [5.41, 5.74) is 0. The van der Waals surface area contributed by atoms with Crippen LogP contribution in [0, 0.1) is 0 Å². The van der Waals surface area contributed by atoms with Crippen molar-refractivity contribution in [1.82, 2.24) is 0 Å². The highest BCUT2D eigenvalue weighted by Crippen LogP contribution is 2.17. The summed E-state index contributed by atoms with van der Waals surface area (Å²) < 4.78 is 16.8. The van der Waals surface area contributed by atoms with E-state index in [1.54, 1.807) is 0 Å². The predicted molar refractivity (Wildman–Crippen MR) is 252 cm³/mol. The molecule has 0 bridgehead atoms. The fourth-order valence-corrected chi connectivity index (χ4v) is 8.09. The van der Waals surface area contributed by atoms with Gasteiger partial charge < -0.3 is 14.2 Å². The molecule has 0 rings (SSSR count). The van der Waals surface area contributed by atoms with Gasteiger partial charge in [-0.1, -0.05) is 265 Å². The van der Waals surface area contributed by atoms with Crippen LogP contribution in [0.15, 0.2) is 0 Å². The number of unbranched alkanes of at least 4 members (excludes halogenated alkanes) is 38. The van der Waals surface area contributed by atoms with Gasteiger partial charge in [0.05, 0.1) is 0 Å². The third kappa shape index (κ3) is 47.3. The summed E-state index contributed by atoms with van der Waals surface area (Å²) in [6.07, 6.45) is 52.3. The molecule has 0 spiro atoms. The molecule has 0 saturated carbocycles. The Morgan fingerprint density at radius 2 is 0.458 bits per heavy atom. The van der Waals surface area contributed by atoms with Crippen molar-refractivity contribution in [3.63, 3.8) is 0 Å². The zero-order valence-electron chi connectivity index (χ0n) is 40.1. The van der Waals surface area contributed by atoms with Gasteiger partial charge in [0.15, 0.2) is 6.10 Å². The largest absolute Gasteiger partial charge is 0.462 e. The number of carbonyl (C=O) groups excluding carboxylic acids is 3. The van der Waals surface area contributed by atoms with Crippen molar-refractivity contribution in [3.05, 3.63) is 0 Å². The zero-order chi connectivity index (χ0) is 43.0. The maximum absolute atomic E-state index is 12.8. The molecule has 6 nitrogen and oxygen atoms in total. The van der Waals surface area contributed by atoms with Gasteiger partial charge in [-0.3, -0.25) is 14.4 Å². The van der Waals surface area contributed by atoms with Gasteiger partial charge in [0.25, 0.3) is 0 Å². The van der Waals surface area contributed by atoms with Crippen LogP contribution in [0.25, 0.3) is 0 Å². The SMILES string of the molecule is CCCCCCCCCCCCCCCCCCC(=O)OC[C@H](COC(=O)CCCCCCCCCCCC)OC(=O)CCCCCCCCCCCCCCCCC. The summed E-state index contributed by atoms with van der Waals surface area (Å²) in [5, 5.41) is 0. The zero-order valence-corrected chi connectivity index (χ0v) is 40.1. The highest BCUT2D eigenvalue weighted by molar-refractivity contribution is 5.71. The number of hydrogen-bond acceptors (Lipinski definition) is 6. The number of ether oxygens (including phenoxy) is 3. The lowest BCUT2D eigenvalue weighted by atomic mass is 10.0. The first-order valence-corrected chi connectivity index (χ1v) is 26.5. The minimum Gasteiger partial charge on any atom is -0.462 e. The first-order valence-electron chi connectivity index (χ1n) is 26.5. The van der Waals surface area contributed by atoms with Crippen molar-refractivity contribution < 1.29 is 28.6 Å². The van der Waals surface area contributed by atoms with Crippen LogP contribution in [-0.4, -0.2) is 37.2 Å². The van der Waals surface area contributed by atoms with Crippen LogP contribution in [0.3, 0.4) is 0 Å². The third-order valence-corrected chi connectivity index (χ3v) is 12.1. The molecule has 350 valence electrons. The Kier molecular flexibility index (Phi) is 47.7. The summed E-state index contributed by atoms with van der Waals surface area (Å²) in [6, 6.07) is 0. The molecule has 0 N–H and O–H groups in total. The third-order valence-electron chi connectivity index (χ3n) is 12.1. The van der Waals surface area contributed by atoms with Gasteiger partial charge >= 0.3 is 17.9 Å². The van der Waals surface area contributed by atoms with E-state index in [1.807, 2.05) is 0 Å². The molecule has 1 atom stereocenters. The maximum Gasteiger partial charge on any atom is 0.306 e. The first kappa shape index (κ1) is 57.4. The van der Waals surface area contributed by atoms with E-state index in [0.29, 0.717) is 19.3 Å². The maximum atomic E-state index is 12.8. The smallest absolute Gasteiger partial charge is 0.306 e. The Morgan fingerprint density at radius 1 is 0.271 bits per heavy atom. The average Bonchev–Trinajstić information content (AvgIpc) is 3.23. The van der Waals surface area contributed by atoms with Gasteiger partial charge in [-0.15, -0.1) is 0 Å². The van der Waals surface area contributed by atoms with Crippen molar-refractivity contribution in [2.75, 3.05) is 13.2 Å². The average molecular weight is 835 g/mol. The number of hydrogen-bond donors (Lipinski definition) is 0. The molecule has 0 radical (unpaired) electrons. The highest BCUT2D eigenvalue weighted by Gasteiger charge is 2.19. The Hall–Kier alpha value is -1.59. The van der Waals surface area contributed by atoms with Crippen LogP contribution >= 0.6 is 0 Å². The van der Waals surface area contributed by atoms with E-state index in [4.69, 9.17) is 14.2 Å². The molecule has 0 saturated heterocycles. The summed E-state index contributed by atoms with van der Waals surface area (Å²) in [4.78, 5) is 37.9. The van der Waals surface area contributed by atoms with Crippen LogP contribution in [-0.2, 0) is 28.6 Å². The predicted octanol–water partition coefficient (Wildman–Crippen LogP) is 17.2. The van der Waals surface area contributed by atoms with Crippen molar-refractivity contribution in [2.45, 2.75) is 309 Å². The second-order valence-electron chi connectivity index (χ2n) is 18.2. The first-order chi connectivity index (χ1) is 29.0. The second kappa shape index (κ2) is 49.1. The van der Waals surface area contributed by atoms with Crippen LogP contribution in [0.5, 0.6) is 0 Å². The summed E-state index contributed by atoms with van der Waals surface area (Å²) in [7, 11) is 0. The summed E-state index contributed by atoms with van der Waals surface area (Å²) in [6.45, 7) is 6.68. The lowest BCUT2D eigenvalue weighted by Gasteiger charge is -2.18. The standard InChI is InChI=1S/C53H102O6/c1-4-7-10-13-16-19-22-24-26-28-29-31-34-37-40-43-46-52(55)58-49-50(48-57-51(54)45-42-39-36-33-21-18-15-12-9-6-3)59-53(56)47-44-41-38-35-32-30-27-25-23-20-17-14-11-8-5-2/h50H,4-49H2,1-3H3/t50-/m0/s1. The van der Waals surface area contributed by atoms with E-state index >= 15 is 0 Å². The van der Waals surface area contributed by atoms with Crippen molar-refractivity contribution in [2.24, 2.45) is 0 Å². The quantitative estimate of drug-likeness (QED) is 0.0345. The molecule has 0 amide bonds. The molecule has 0 aromatic heterocycles. The molecule has 0 heterocycles. The van der Waals surface area contributed by atoms with Crippen LogP contribution in [0.4, 0.5) is 0 Å². The van der Waals surface area contributed by atoms with E-state index < -0.39 is 6.10 Å². The molecule has 0 aromatic carbocycles. The lowest BCUT2D eigenvalue weighted by molar-refractivity contribution is -0.167. The van der Waals surface area contributed by atoms with E-state index in [1.165, 1.54) is 205 Å². The summed E-state index contributed by atoms with van der Waals surface area (Å²) in [5.74, 6) is -0.840. The lowest BCUT2D eigenvalue weighted by Crippen LogP contribution is -2.30. The molecule has 6 heteroatoms. The molecule has 0 aromatic rings. The van der Waals surface area contributed by atoms with Gasteiger partial charge in [-0.25, -0.2) is 0 Å². The molecule has 0 fully saturated rings. The molecular weight excluding hydrogens is 733 g/mol. The molecule has 0 aliphatic heterocycles. The van der Waals surface area contributed by atoms with Gasteiger partial charge in [-0.2, -0.15) is 0 Å². The minimum atomic E-state index is -0.759. The number of esters is 3. The second-order valence-corrected chi connectivity index (χ2v) is 18.2. The Labute approximate surface area is 368 Å². The molecule has 0 aliphatic carbocycles. The van der Waals surface area contributed by atoms with Crippen LogP contribution in [0.1, 0.15) is 303 Å². The normalized spacial score (nSPS) is 11.8. The van der Waals surface area contributed by atoms with E-state index in [0.717, 1.165) is 57.8 Å². The van der Waals surface area contributed by atoms with E-state index in [9.17, 15) is 14.4 Å². The van der Waals surface area contributed by atoms with Gasteiger partial charge in [0, 0.05) is 19.3 Å². The molecular formula is C53H102O6. The molecule has 0 aliphatic rings. The highest BCUT2D eigenvalue weighted by atomic mass is 16.6. The Morgan fingerprint density at radius 3 is 0.678 bits per heavy atom. The van der Waals surface area contributed by atoms with Crippen molar-refractivity contribution >= 4 is 17.9 Å². The van der Waals surface area contributed by atoms with Crippen LogP contribution in [0.2, 0.25) is 0 Å². The fourth-order valence-electron chi connectivity index (χ4n) is 8.09. The Bertz CT molecular complexity index is 874. The fraction of sp³-hybridized carbons (Fsp3) is 0.943. The molecule has 0 unspecified atom stereocenters.